The fourth-order valence-electron chi connectivity index (χ4n) is 4.09. The third-order valence-electron chi connectivity index (χ3n) is 5.71. The van der Waals surface area contributed by atoms with Crippen LogP contribution in [-0.4, -0.2) is 9.97 Å². The smallest absolute Gasteiger partial charge is 0.0766 e. The molecule has 0 aliphatic heterocycles. The molecule has 0 aliphatic rings. The Labute approximate surface area is 164 Å². The second-order valence-corrected chi connectivity index (χ2v) is 7.50. The van der Waals surface area contributed by atoms with Crippen molar-refractivity contribution in [1.82, 2.24) is 9.97 Å². The molecule has 2 aromatic heterocycles. The van der Waals surface area contributed by atoms with Gasteiger partial charge in [-0.2, -0.15) is 0 Å². The number of rotatable bonds is 2. The van der Waals surface area contributed by atoms with E-state index in [1.165, 1.54) is 44.2 Å². The molecule has 0 atom stereocenters. The number of aryl methyl sites for hydroxylation is 3. The van der Waals surface area contributed by atoms with Crippen LogP contribution < -0.4 is 0 Å². The normalized spacial score (nSPS) is 11.4. The molecular formula is C26H22N2. The van der Waals surface area contributed by atoms with Gasteiger partial charge < -0.3 is 4.98 Å². The molecule has 5 rings (SSSR count). The van der Waals surface area contributed by atoms with Crippen molar-refractivity contribution in [2.45, 2.75) is 20.8 Å². The van der Waals surface area contributed by atoms with Gasteiger partial charge in [-0.25, -0.2) is 4.98 Å². The van der Waals surface area contributed by atoms with E-state index >= 15 is 0 Å². The summed E-state index contributed by atoms with van der Waals surface area (Å²) < 4.78 is 0. The molecule has 0 bridgehead atoms. The monoisotopic (exact) mass is 362 g/mol. The number of pyridine rings is 1. The number of nitrogens with one attached hydrogen (secondary N) is 1. The van der Waals surface area contributed by atoms with Crippen LogP contribution in [0, 0.1) is 20.8 Å². The summed E-state index contributed by atoms with van der Waals surface area (Å²) in [5, 5.41) is 2.49. The van der Waals surface area contributed by atoms with Gasteiger partial charge in [0.1, 0.15) is 0 Å². The fraction of sp³-hybridized carbons (Fsp3) is 0.115. The molecule has 0 spiro atoms. The number of aromatic amines is 1. The highest BCUT2D eigenvalue weighted by molar-refractivity contribution is 6.14. The fourth-order valence-corrected chi connectivity index (χ4v) is 4.09. The van der Waals surface area contributed by atoms with Gasteiger partial charge in [0.05, 0.1) is 16.7 Å². The van der Waals surface area contributed by atoms with Crippen LogP contribution in [0.15, 0.2) is 72.8 Å². The van der Waals surface area contributed by atoms with E-state index in [-0.39, 0.29) is 0 Å². The molecule has 0 amide bonds. The minimum absolute atomic E-state index is 1.01. The third-order valence-corrected chi connectivity index (χ3v) is 5.71. The zero-order valence-electron chi connectivity index (χ0n) is 16.4. The summed E-state index contributed by atoms with van der Waals surface area (Å²) in [7, 11) is 0. The molecule has 1 N–H and O–H groups in total. The minimum atomic E-state index is 1.01. The summed E-state index contributed by atoms with van der Waals surface area (Å²) in [6.07, 6.45) is 0. The molecule has 3 aromatic carbocycles. The summed E-state index contributed by atoms with van der Waals surface area (Å²) in [6, 6.07) is 25.6. The first-order chi connectivity index (χ1) is 13.6. The van der Waals surface area contributed by atoms with Crippen molar-refractivity contribution in [3.8, 4) is 22.4 Å². The molecule has 0 saturated carbocycles. The predicted octanol–water partition coefficient (Wildman–Crippen LogP) is 6.98. The lowest BCUT2D eigenvalue weighted by Crippen LogP contribution is -1.93. The largest absolute Gasteiger partial charge is 0.358 e. The molecule has 0 aliphatic carbocycles. The predicted molar refractivity (Wildman–Crippen MR) is 119 cm³/mol. The topological polar surface area (TPSA) is 28.7 Å². The van der Waals surface area contributed by atoms with Crippen LogP contribution in [0.2, 0.25) is 0 Å². The minimum Gasteiger partial charge on any atom is -0.358 e. The maximum absolute atomic E-state index is 5.10. The maximum Gasteiger partial charge on any atom is 0.0766 e. The number of benzene rings is 3. The Morgan fingerprint density at radius 3 is 2.07 bits per heavy atom. The van der Waals surface area contributed by atoms with E-state index in [1.807, 2.05) is 6.07 Å². The summed E-state index contributed by atoms with van der Waals surface area (Å²) in [5.41, 5.74) is 10.6. The molecule has 2 heteroatoms. The molecule has 2 nitrogen and oxygen atoms in total. The number of hydrogen-bond acceptors (Lipinski definition) is 1. The van der Waals surface area contributed by atoms with Crippen LogP contribution in [0.25, 0.3) is 44.2 Å². The van der Waals surface area contributed by atoms with Crippen LogP contribution in [0.4, 0.5) is 0 Å². The average molecular weight is 362 g/mol. The number of aromatic nitrogens is 2. The maximum atomic E-state index is 5.10. The number of nitrogens with zero attached hydrogens (tertiary/aromatic N) is 1. The Balaban J connectivity index is 1.97. The van der Waals surface area contributed by atoms with Gasteiger partial charge in [-0.15, -0.1) is 0 Å². The molecular weight excluding hydrogens is 340 g/mol. The Hall–Kier alpha value is -3.39. The first kappa shape index (κ1) is 16.8. The Bertz CT molecular complexity index is 1310. The van der Waals surface area contributed by atoms with Gasteiger partial charge in [-0.05, 0) is 55.2 Å². The van der Waals surface area contributed by atoms with Gasteiger partial charge in [0.25, 0.3) is 0 Å². The standard InChI is InChI=1S/C26H22N2/c1-16-14-21-17(2)18(3)27-26(21)24-22(19-10-6-4-7-11-19)15-23(28-25(16)24)20-12-8-5-9-13-20/h4-15,27H,1-3H3. The van der Waals surface area contributed by atoms with E-state index in [0.717, 1.165) is 16.8 Å². The van der Waals surface area contributed by atoms with Crippen LogP contribution in [0.1, 0.15) is 16.8 Å². The molecule has 28 heavy (non-hydrogen) atoms. The molecule has 136 valence electrons. The molecule has 0 unspecified atom stereocenters. The Kier molecular flexibility index (Phi) is 3.80. The van der Waals surface area contributed by atoms with Gasteiger partial charge in [0.15, 0.2) is 0 Å². The Morgan fingerprint density at radius 1 is 0.750 bits per heavy atom. The van der Waals surface area contributed by atoms with Crippen molar-refractivity contribution in [2.24, 2.45) is 0 Å². The second-order valence-electron chi connectivity index (χ2n) is 7.50. The quantitative estimate of drug-likeness (QED) is 0.361. The molecule has 0 saturated heterocycles. The Morgan fingerprint density at radius 2 is 1.39 bits per heavy atom. The lowest BCUT2D eigenvalue weighted by Gasteiger charge is -2.13. The number of H-pyrrole nitrogens is 1. The van der Waals surface area contributed by atoms with Crippen molar-refractivity contribution in [3.63, 3.8) is 0 Å². The van der Waals surface area contributed by atoms with Crippen molar-refractivity contribution < 1.29 is 0 Å². The van der Waals surface area contributed by atoms with Crippen LogP contribution >= 0.6 is 0 Å². The first-order valence-electron chi connectivity index (χ1n) is 9.67. The second kappa shape index (κ2) is 6.35. The molecule has 5 aromatic rings. The number of fused-ring (bicyclic) bond motifs is 3. The summed E-state index contributed by atoms with van der Waals surface area (Å²) in [6.45, 7) is 6.50. The van der Waals surface area contributed by atoms with E-state index in [4.69, 9.17) is 4.98 Å². The summed E-state index contributed by atoms with van der Waals surface area (Å²) in [4.78, 5) is 8.73. The molecule has 0 fully saturated rings. The van der Waals surface area contributed by atoms with Crippen molar-refractivity contribution >= 4 is 21.8 Å². The lowest BCUT2D eigenvalue weighted by molar-refractivity contribution is 1.26. The van der Waals surface area contributed by atoms with Gasteiger partial charge >= 0.3 is 0 Å². The highest BCUT2D eigenvalue weighted by Gasteiger charge is 2.17. The van der Waals surface area contributed by atoms with Crippen molar-refractivity contribution in [3.05, 3.63) is 89.6 Å². The highest BCUT2D eigenvalue weighted by Crippen LogP contribution is 2.38. The van der Waals surface area contributed by atoms with E-state index in [1.54, 1.807) is 0 Å². The SMILES string of the molecule is Cc1[nH]c2c(cc(C)c3nc(-c4ccccc4)cc(-c4ccccc4)c32)c1C. The molecule has 2 heterocycles. The van der Waals surface area contributed by atoms with Gasteiger partial charge in [-0.3, -0.25) is 0 Å². The van der Waals surface area contributed by atoms with E-state index in [0.29, 0.717) is 0 Å². The van der Waals surface area contributed by atoms with E-state index in [2.05, 4.69) is 92.5 Å². The number of hydrogen-bond donors (Lipinski definition) is 1. The van der Waals surface area contributed by atoms with E-state index < -0.39 is 0 Å². The summed E-state index contributed by atoms with van der Waals surface area (Å²) in [5.74, 6) is 0. The highest BCUT2D eigenvalue weighted by atomic mass is 14.7. The van der Waals surface area contributed by atoms with Gasteiger partial charge in [-0.1, -0.05) is 60.7 Å². The zero-order valence-corrected chi connectivity index (χ0v) is 16.4. The van der Waals surface area contributed by atoms with Crippen molar-refractivity contribution in [2.75, 3.05) is 0 Å². The lowest BCUT2D eigenvalue weighted by atomic mass is 9.94. The van der Waals surface area contributed by atoms with Gasteiger partial charge in [0.2, 0.25) is 0 Å². The third kappa shape index (κ3) is 2.53. The van der Waals surface area contributed by atoms with Gasteiger partial charge in [0, 0.05) is 22.0 Å². The van der Waals surface area contributed by atoms with E-state index in [9.17, 15) is 0 Å². The zero-order chi connectivity index (χ0) is 19.3. The van der Waals surface area contributed by atoms with Crippen LogP contribution in [0.3, 0.4) is 0 Å². The van der Waals surface area contributed by atoms with Crippen LogP contribution in [-0.2, 0) is 0 Å². The van der Waals surface area contributed by atoms with Crippen LogP contribution in [0.5, 0.6) is 0 Å². The average Bonchev–Trinajstić information content (AvgIpc) is 3.03. The molecule has 0 radical (unpaired) electrons. The van der Waals surface area contributed by atoms with Crippen molar-refractivity contribution in [1.29, 1.82) is 0 Å². The summed E-state index contributed by atoms with van der Waals surface area (Å²) >= 11 is 0. The first-order valence-corrected chi connectivity index (χ1v) is 9.67.